The molecule has 1 aliphatic rings. The van der Waals surface area contributed by atoms with E-state index in [1.807, 2.05) is 26.0 Å². The second kappa shape index (κ2) is 5.36. The first kappa shape index (κ1) is 12.3. The summed E-state index contributed by atoms with van der Waals surface area (Å²) in [5.74, 6) is 0. The number of nitrogens with zero attached hydrogens (tertiary/aromatic N) is 2. The van der Waals surface area contributed by atoms with Crippen molar-refractivity contribution in [3.63, 3.8) is 0 Å². The molecule has 0 saturated heterocycles. The van der Waals surface area contributed by atoms with Crippen LogP contribution in [0.4, 0.5) is 0 Å². The Bertz CT molecular complexity index is 424. The van der Waals surface area contributed by atoms with Crippen molar-refractivity contribution >= 4 is 12.2 Å². The summed E-state index contributed by atoms with van der Waals surface area (Å²) in [6, 6.07) is 0. The van der Waals surface area contributed by atoms with E-state index in [-0.39, 0.29) is 5.41 Å². The van der Waals surface area contributed by atoms with Gasteiger partial charge in [-0.1, -0.05) is 24.6 Å². The van der Waals surface area contributed by atoms with Crippen LogP contribution in [0.15, 0.2) is 33.3 Å². The molecule has 0 spiro atoms. The van der Waals surface area contributed by atoms with Crippen LogP contribution >= 0.6 is 0 Å². The molecule has 0 aromatic carbocycles. The summed E-state index contributed by atoms with van der Waals surface area (Å²) in [4.78, 5) is 27.4. The van der Waals surface area contributed by atoms with Crippen molar-refractivity contribution in [1.29, 1.82) is 0 Å². The molecule has 1 unspecified atom stereocenters. The van der Waals surface area contributed by atoms with Gasteiger partial charge < -0.3 is 0 Å². The van der Waals surface area contributed by atoms with Crippen molar-refractivity contribution in [1.82, 2.24) is 0 Å². The predicted octanol–water partition coefficient (Wildman–Crippen LogP) is 1.94. The van der Waals surface area contributed by atoms with Crippen LogP contribution in [0.2, 0.25) is 0 Å². The SMILES string of the molecule is CC1=C(CN=C=O)CC(C)(CN=C=O)C=C1. The van der Waals surface area contributed by atoms with Gasteiger partial charge in [0.15, 0.2) is 0 Å². The number of allylic oxidation sites excluding steroid dienone is 2. The van der Waals surface area contributed by atoms with Crippen LogP contribution in [0.25, 0.3) is 0 Å². The highest BCUT2D eigenvalue weighted by Gasteiger charge is 2.25. The standard InChI is InChI=1S/C12H14N2O2/c1-10-3-4-12(2,7-14-9-16)5-11(10)6-13-8-15/h3-4H,5-7H2,1-2H3. The van der Waals surface area contributed by atoms with Gasteiger partial charge in [0.05, 0.1) is 13.1 Å². The minimum Gasteiger partial charge on any atom is -0.211 e. The van der Waals surface area contributed by atoms with Crippen LogP contribution in [0.3, 0.4) is 0 Å². The average Bonchev–Trinajstić information content (AvgIpc) is 2.28. The molecule has 0 aliphatic heterocycles. The van der Waals surface area contributed by atoms with Gasteiger partial charge in [-0.15, -0.1) is 0 Å². The lowest BCUT2D eigenvalue weighted by atomic mass is 9.78. The number of aliphatic imine (C=N–C) groups is 2. The third kappa shape index (κ3) is 3.13. The van der Waals surface area contributed by atoms with Gasteiger partial charge in [0.2, 0.25) is 12.2 Å². The van der Waals surface area contributed by atoms with Crippen LogP contribution in [0.1, 0.15) is 20.3 Å². The molecule has 0 bridgehead atoms. The van der Waals surface area contributed by atoms with E-state index in [1.165, 1.54) is 6.08 Å². The molecule has 0 radical (unpaired) electrons. The summed E-state index contributed by atoms with van der Waals surface area (Å²) in [7, 11) is 0. The lowest BCUT2D eigenvalue weighted by molar-refractivity contribution is 0.425. The molecular weight excluding hydrogens is 204 g/mol. The minimum absolute atomic E-state index is 0.176. The van der Waals surface area contributed by atoms with Crippen molar-refractivity contribution in [3.05, 3.63) is 23.3 Å². The van der Waals surface area contributed by atoms with Gasteiger partial charge >= 0.3 is 0 Å². The maximum absolute atomic E-state index is 10.1. The zero-order valence-electron chi connectivity index (χ0n) is 9.49. The Balaban J connectivity index is 2.83. The highest BCUT2D eigenvalue weighted by Crippen LogP contribution is 2.34. The molecule has 0 aromatic heterocycles. The van der Waals surface area contributed by atoms with Gasteiger partial charge in [-0.2, -0.15) is 0 Å². The van der Waals surface area contributed by atoms with Gasteiger partial charge in [0, 0.05) is 5.41 Å². The summed E-state index contributed by atoms with van der Waals surface area (Å²) in [5, 5.41) is 0. The molecule has 0 aromatic rings. The second-order valence-electron chi connectivity index (χ2n) is 4.27. The van der Waals surface area contributed by atoms with Crippen molar-refractivity contribution in [2.24, 2.45) is 15.4 Å². The molecule has 0 amide bonds. The molecule has 0 N–H and O–H groups in total. The monoisotopic (exact) mass is 218 g/mol. The number of isocyanates is 2. The van der Waals surface area contributed by atoms with E-state index >= 15 is 0 Å². The molecule has 0 saturated carbocycles. The Morgan fingerprint density at radius 2 is 2.06 bits per heavy atom. The van der Waals surface area contributed by atoms with Gasteiger partial charge in [-0.05, 0) is 18.9 Å². The Morgan fingerprint density at radius 3 is 2.69 bits per heavy atom. The van der Waals surface area contributed by atoms with E-state index in [9.17, 15) is 9.59 Å². The van der Waals surface area contributed by atoms with E-state index in [0.717, 1.165) is 17.6 Å². The minimum atomic E-state index is -0.176. The van der Waals surface area contributed by atoms with Crippen molar-refractivity contribution in [3.8, 4) is 0 Å². The molecule has 4 heteroatoms. The fourth-order valence-corrected chi connectivity index (χ4v) is 1.76. The van der Waals surface area contributed by atoms with E-state index in [4.69, 9.17) is 0 Å². The average molecular weight is 218 g/mol. The zero-order valence-corrected chi connectivity index (χ0v) is 9.49. The molecule has 0 heterocycles. The summed E-state index contributed by atoms with van der Waals surface area (Å²) in [6.07, 6.45) is 7.87. The van der Waals surface area contributed by atoms with E-state index in [0.29, 0.717) is 13.1 Å². The third-order valence-electron chi connectivity index (χ3n) is 2.75. The fraction of sp³-hybridized carbons (Fsp3) is 0.500. The molecule has 84 valence electrons. The molecule has 1 atom stereocenters. The normalized spacial score (nSPS) is 23.6. The molecule has 0 fully saturated rings. The third-order valence-corrected chi connectivity index (χ3v) is 2.75. The van der Waals surface area contributed by atoms with Gasteiger partial charge in [-0.25, -0.2) is 19.6 Å². The molecule has 16 heavy (non-hydrogen) atoms. The Morgan fingerprint density at radius 1 is 1.38 bits per heavy atom. The van der Waals surface area contributed by atoms with E-state index in [2.05, 4.69) is 9.98 Å². The van der Waals surface area contributed by atoms with Gasteiger partial charge in [-0.3, -0.25) is 0 Å². The van der Waals surface area contributed by atoms with Crippen LogP contribution in [0.5, 0.6) is 0 Å². The van der Waals surface area contributed by atoms with Crippen LogP contribution in [0, 0.1) is 5.41 Å². The topological polar surface area (TPSA) is 58.9 Å². The first-order valence-electron chi connectivity index (χ1n) is 5.06. The second-order valence-corrected chi connectivity index (χ2v) is 4.27. The summed E-state index contributed by atoms with van der Waals surface area (Å²) in [6.45, 7) is 4.78. The van der Waals surface area contributed by atoms with Crippen molar-refractivity contribution < 1.29 is 9.59 Å². The van der Waals surface area contributed by atoms with Crippen LogP contribution in [-0.4, -0.2) is 25.2 Å². The maximum Gasteiger partial charge on any atom is 0.235 e. The quantitative estimate of drug-likeness (QED) is 0.534. The number of hydrogen-bond donors (Lipinski definition) is 0. The first-order valence-corrected chi connectivity index (χ1v) is 5.06. The Hall–Kier alpha value is -1.76. The lowest BCUT2D eigenvalue weighted by Gasteiger charge is -2.28. The molecule has 1 aliphatic carbocycles. The summed E-state index contributed by atoms with van der Waals surface area (Å²) < 4.78 is 0. The van der Waals surface area contributed by atoms with Gasteiger partial charge in [0.1, 0.15) is 0 Å². The predicted molar refractivity (Wildman–Crippen MR) is 60.5 cm³/mol. The summed E-state index contributed by atoms with van der Waals surface area (Å²) >= 11 is 0. The van der Waals surface area contributed by atoms with E-state index < -0.39 is 0 Å². The number of carbonyl (C=O) groups excluding carboxylic acids is 2. The van der Waals surface area contributed by atoms with Gasteiger partial charge in [0.25, 0.3) is 0 Å². The highest BCUT2D eigenvalue weighted by molar-refractivity contribution is 5.38. The molecular formula is C12H14N2O2. The highest BCUT2D eigenvalue weighted by atomic mass is 16.1. The smallest absolute Gasteiger partial charge is 0.211 e. The Kier molecular flexibility index (Phi) is 4.12. The zero-order chi connectivity index (χ0) is 12.0. The maximum atomic E-state index is 10.1. The Labute approximate surface area is 94.5 Å². The number of rotatable bonds is 4. The summed E-state index contributed by atoms with van der Waals surface area (Å²) in [5.41, 5.74) is 2.03. The fourth-order valence-electron chi connectivity index (χ4n) is 1.76. The lowest BCUT2D eigenvalue weighted by Crippen LogP contribution is -2.22. The van der Waals surface area contributed by atoms with Crippen LogP contribution < -0.4 is 0 Å². The first-order chi connectivity index (χ1) is 7.61. The van der Waals surface area contributed by atoms with Crippen molar-refractivity contribution in [2.45, 2.75) is 20.3 Å². The van der Waals surface area contributed by atoms with Crippen molar-refractivity contribution in [2.75, 3.05) is 13.1 Å². The molecule has 4 nitrogen and oxygen atoms in total. The van der Waals surface area contributed by atoms with E-state index in [1.54, 1.807) is 6.08 Å². The largest absolute Gasteiger partial charge is 0.235 e. The molecule has 1 rings (SSSR count). The van der Waals surface area contributed by atoms with Crippen LogP contribution in [-0.2, 0) is 9.59 Å². The number of hydrogen-bond acceptors (Lipinski definition) is 4.